The lowest BCUT2D eigenvalue weighted by atomic mass is 10.00. The predicted octanol–water partition coefficient (Wildman–Crippen LogP) is 1.33. The average molecular weight is 374 g/mol. The van der Waals surface area contributed by atoms with Crippen molar-refractivity contribution in [3.63, 3.8) is 0 Å². The van der Waals surface area contributed by atoms with E-state index in [9.17, 15) is 13.2 Å². The molecule has 8 heteroatoms. The molecule has 0 radical (unpaired) electrons. The van der Waals surface area contributed by atoms with Crippen molar-refractivity contribution < 1.29 is 13.2 Å². The molecular formula is C18H22N4O3S. The number of imidazole rings is 1. The fourth-order valence-corrected chi connectivity index (χ4v) is 4.90. The van der Waals surface area contributed by atoms with Crippen molar-refractivity contribution in [2.45, 2.75) is 37.6 Å². The highest BCUT2D eigenvalue weighted by molar-refractivity contribution is 7.89. The molecule has 1 unspecified atom stereocenters. The minimum Gasteiger partial charge on any atom is -0.335 e. The number of amides is 1. The summed E-state index contributed by atoms with van der Waals surface area (Å²) in [4.78, 5) is 17.9. The molecule has 7 nitrogen and oxygen atoms in total. The Kier molecular flexibility index (Phi) is 4.32. The van der Waals surface area contributed by atoms with Gasteiger partial charge in [-0.05, 0) is 36.5 Å². The smallest absolute Gasteiger partial charge is 0.240 e. The van der Waals surface area contributed by atoms with E-state index in [4.69, 9.17) is 0 Å². The third-order valence-electron chi connectivity index (χ3n) is 5.24. The molecule has 0 saturated heterocycles. The summed E-state index contributed by atoms with van der Waals surface area (Å²) in [6.45, 7) is 3.28. The van der Waals surface area contributed by atoms with Crippen LogP contribution in [0.25, 0.3) is 0 Å². The Balaban J connectivity index is 1.48. The maximum Gasteiger partial charge on any atom is 0.240 e. The standard InChI is InChI=1S/C18H22N4O3S/c1-13(23)22-8-6-15-3-4-16(10-17(15)22)26(24,25)20-11-14-2-5-18-19-7-9-21(18)12-14/h3-4,7,9-10,14,20H,2,5-6,8,11-12H2,1H3. The number of aromatic nitrogens is 2. The summed E-state index contributed by atoms with van der Waals surface area (Å²) < 4.78 is 30.3. The van der Waals surface area contributed by atoms with Crippen LogP contribution in [0.3, 0.4) is 0 Å². The number of nitrogens with one attached hydrogen (secondary N) is 1. The highest BCUT2D eigenvalue weighted by Gasteiger charge is 2.26. The van der Waals surface area contributed by atoms with Gasteiger partial charge < -0.3 is 9.47 Å². The number of fused-ring (bicyclic) bond motifs is 2. The molecule has 0 aliphatic carbocycles. The van der Waals surface area contributed by atoms with Crippen molar-refractivity contribution in [1.29, 1.82) is 0 Å². The monoisotopic (exact) mass is 374 g/mol. The van der Waals surface area contributed by atoms with Crippen molar-refractivity contribution in [3.8, 4) is 0 Å². The summed E-state index contributed by atoms with van der Waals surface area (Å²) in [6.07, 6.45) is 6.27. The van der Waals surface area contributed by atoms with Crippen LogP contribution in [0.1, 0.15) is 24.7 Å². The Morgan fingerprint density at radius 3 is 3.00 bits per heavy atom. The summed E-state index contributed by atoms with van der Waals surface area (Å²) >= 11 is 0. The number of hydrogen-bond acceptors (Lipinski definition) is 4. The molecule has 0 fully saturated rings. The van der Waals surface area contributed by atoms with Crippen molar-refractivity contribution in [2.75, 3.05) is 18.0 Å². The van der Waals surface area contributed by atoms with E-state index in [1.807, 2.05) is 12.3 Å². The van der Waals surface area contributed by atoms with Crippen molar-refractivity contribution >= 4 is 21.6 Å². The number of benzene rings is 1. The maximum atomic E-state index is 12.7. The summed E-state index contributed by atoms with van der Waals surface area (Å²) in [5.74, 6) is 1.24. The fraction of sp³-hybridized carbons (Fsp3) is 0.444. The second kappa shape index (κ2) is 6.51. The van der Waals surface area contributed by atoms with Gasteiger partial charge in [0, 0.05) is 51.1 Å². The van der Waals surface area contributed by atoms with Gasteiger partial charge in [-0.3, -0.25) is 4.79 Å². The molecular weight excluding hydrogens is 352 g/mol. The first-order valence-corrected chi connectivity index (χ1v) is 10.3. The molecule has 2 aromatic rings. The van der Waals surface area contributed by atoms with Crippen LogP contribution in [0, 0.1) is 5.92 Å². The van der Waals surface area contributed by atoms with E-state index < -0.39 is 10.0 Å². The Morgan fingerprint density at radius 2 is 2.19 bits per heavy atom. The van der Waals surface area contributed by atoms with E-state index in [1.54, 1.807) is 23.2 Å². The number of aryl methyl sites for hydroxylation is 1. The molecule has 26 heavy (non-hydrogen) atoms. The zero-order chi connectivity index (χ0) is 18.3. The minimum absolute atomic E-state index is 0.0652. The number of rotatable bonds is 4. The van der Waals surface area contributed by atoms with E-state index in [-0.39, 0.29) is 16.7 Å². The SMILES string of the molecule is CC(=O)N1CCc2ccc(S(=O)(=O)NCC3CCc4nccn4C3)cc21. The number of sulfonamides is 1. The van der Waals surface area contributed by atoms with Crippen LogP contribution in [0.15, 0.2) is 35.5 Å². The molecule has 0 spiro atoms. The maximum absolute atomic E-state index is 12.7. The highest BCUT2D eigenvalue weighted by atomic mass is 32.2. The van der Waals surface area contributed by atoms with E-state index in [0.29, 0.717) is 18.8 Å². The number of hydrogen-bond donors (Lipinski definition) is 1. The lowest BCUT2D eigenvalue weighted by Gasteiger charge is -2.24. The lowest BCUT2D eigenvalue weighted by molar-refractivity contribution is -0.116. The summed E-state index contributed by atoms with van der Waals surface area (Å²) in [7, 11) is -3.61. The van der Waals surface area contributed by atoms with E-state index >= 15 is 0 Å². The largest absolute Gasteiger partial charge is 0.335 e. The molecule has 138 valence electrons. The molecule has 0 saturated carbocycles. The Morgan fingerprint density at radius 1 is 1.35 bits per heavy atom. The van der Waals surface area contributed by atoms with Gasteiger partial charge in [0.2, 0.25) is 15.9 Å². The Labute approximate surface area is 153 Å². The molecule has 3 heterocycles. The van der Waals surface area contributed by atoms with Crippen LogP contribution in [0.2, 0.25) is 0 Å². The van der Waals surface area contributed by atoms with Crippen LogP contribution in [0.5, 0.6) is 0 Å². The first kappa shape index (κ1) is 17.2. The molecule has 2 aliphatic heterocycles. The Hall–Kier alpha value is -2.19. The second-order valence-corrected chi connectivity index (χ2v) is 8.73. The molecule has 1 aromatic heterocycles. The number of carbonyl (C=O) groups is 1. The molecule has 0 bridgehead atoms. The van der Waals surface area contributed by atoms with Crippen molar-refractivity contribution in [3.05, 3.63) is 42.0 Å². The van der Waals surface area contributed by atoms with Gasteiger partial charge >= 0.3 is 0 Å². The summed E-state index contributed by atoms with van der Waals surface area (Å²) in [6, 6.07) is 5.05. The number of anilines is 1. The van der Waals surface area contributed by atoms with E-state index in [0.717, 1.165) is 37.2 Å². The Bertz CT molecular complexity index is 951. The molecule has 1 amide bonds. The lowest BCUT2D eigenvalue weighted by Crippen LogP contribution is -2.33. The van der Waals surface area contributed by atoms with Crippen molar-refractivity contribution in [1.82, 2.24) is 14.3 Å². The minimum atomic E-state index is -3.61. The van der Waals surface area contributed by atoms with Gasteiger partial charge in [-0.25, -0.2) is 18.1 Å². The molecule has 2 aliphatic rings. The fourth-order valence-electron chi connectivity index (χ4n) is 3.77. The van der Waals surface area contributed by atoms with Gasteiger partial charge in [0.05, 0.1) is 4.90 Å². The van der Waals surface area contributed by atoms with Gasteiger partial charge in [0.15, 0.2) is 0 Å². The van der Waals surface area contributed by atoms with Crippen molar-refractivity contribution in [2.24, 2.45) is 5.92 Å². The normalized spacial score (nSPS) is 19.3. The van der Waals surface area contributed by atoms with Gasteiger partial charge in [-0.1, -0.05) is 6.07 Å². The first-order chi connectivity index (χ1) is 12.4. The summed E-state index contributed by atoms with van der Waals surface area (Å²) in [5, 5.41) is 0. The number of nitrogens with zero attached hydrogens (tertiary/aromatic N) is 3. The van der Waals surface area contributed by atoms with E-state index in [2.05, 4.69) is 14.3 Å². The third kappa shape index (κ3) is 3.14. The predicted molar refractivity (Wildman–Crippen MR) is 97.4 cm³/mol. The third-order valence-corrected chi connectivity index (χ3v) is 6.66. The average Bonchev–Trinajstić information content (AvgIpc) is 3.25. The van der Waals surface area contributed by atoms with Crippen LogP contribution < -0.4 is 9.62 Å². The zero-order valence-corrected chi connectivity index (χ0v) is 15.5. The van der Waals surface area contributed by atoms with Gasteiger partial charge in [0.25, 0.3) is 0 Å². The van der Waals surface area contributed by atoms with Gasteiger partial charge in [-0.15, -0.1) is 0 Å². The van der Waals surface area contributed by atoms with Gasteiger partial charge in [-0.2, -0.15) is 0 Å². The van der Waals surface area contributed by atoms with Gasteiger partial charge in [0.1, 0.15) is 5.82 Å². The molecule has 1 N–H and O–H groups in total. The molecule has 1 atom stereocenters. The molecule has 4 rings (SSSR count). The van der Waals surface area contributed by atoms with Crippen LogP contribution in [0.4, 0.5) is 5.69 Å². The molecule has 1 aromatic carbocycles. The first-order valence-electron chi connectivity index (χ1n) is 8.85. The summed E-state index contributed by atoms with van der Waals surface area (Å²) in [5.41, 5.74) is 1.72. The second-order valence-electron chi connectivity index (χ2n) is 6.96. The zero-order valence-electron chi connectivity index (χ0n) is 14.7. The van der Waals surface area contributed by atoms with E-state index in [1.165, 1.54) is 6.92 Å². The number of carbonyl (C=O) groups excluding carboxylic acids is 1. The van der Waals surface area contributed by atoms with Crippen LogP contribution >= 0.6 is 0 Å². The van der Waals surface area contributed by atoms with Crippen LogP contribution in [-0.2, 0) is 34.2 Å². The highest BCUT2D eigenvalue weighted by Crippen LogP contribution is 2.30. The quantitative estimate of drug-likeness (QED) is 0.875. The van der Waals surface area contributed by atoms with Crippen LogP contribution in [-0.4, -0.2) is 37.0 Å². The topological polar surface area (TPSA) is 84.3 Å².